The van der Waals surface area contributed by atoms with Gasteiger partial charge in [0.25, 0.3) is 0 Å². The van der Waals surface area contributed by atoms with Crippen molar-refractivity contribution in [3.63, 3.8) is 0 Å². The van der Waals surface area contributed by atoms with E-state index < -0.39 is 11.7 Å². The number of pyridine rings is 1. The Labute approximate surface area is 166 Å². The number of hydrogen-bond acceptors (Lipinski definition) is 5. The zero-order chi connectivity index (χ0) is 20.3. The number of hydrogen-bond donors (Lipinski definition) is 2. The van der Waals surface area contributed by atoms with Gasteiger partial charge in [-0.1, -0.05) is 31.1 Å². The van der Waals surface area contributed by atoms with E-state index in [1.807, 2.05) is 27.7 Å². The van der Waals surface area contributed by atoms with Gasteiger partial charge in [0.1, 0.15) is 16.9 Å². The second kappa shape index (κ2) is 8.09. The van der Waals surface area contributed by atoms with Gasteiger partial charge in [-0.05, 0) is 40.5 Å². The summed E-state index contributed by atoms with van der Waals surface area (Å²) in [7, 11) is 0. The Hall–Kier alpha value is -2.75. The number of nitrogen functional groups attached to an aromatic ring is 1. The van der Waals surface area contributed by atoms with Crippen LogP contribution in [0.1, 0.15) is 65.4 Å². The number of aromatic amines is 1. The fraction of sp³-hybridized carbons (Fsp3) is 0.571. The monoisotopic (exact) mass is 383 g/mol. The number of ether oxygens (including phenoxy) is 1. The van der Waals surface area contributed by atoms with Crippen LogP contribution in [0.3, 0.4) is 0 Å². The minimum atomic E-state index is -0.605. The predicted octanol–water partition coefficient (Wildman–Crippen LogP) is 4.23. The van der Waals surface area contributed by atoms with Gasteiger partial charge in [-0.2, -0.15) is 0 Å². The largest absolute Gasteiger partial charge is 0.443 e. The molecule has 28 heavy (non-hydrogen) atoms. The van der Waals surface area contributed by atoms with E-state index in [1.165, 1.54) is 24.2 Å². The minimum Gasteiger partial charge on any atom is -0.443 e. The molecule has 1 fully saturated rings. The lowest BCUT2D eigenvalue weighted by Crippen LogP contribution is -2.37. The van der Waals surface area contributed by atoms with Crippen LogP contribution in [0.5, 0.6) is 0 Å². The zero-order valence-corrected chi connectivity index (χ0v) is 17.1. The van der Waals surface area contributed by atoms with Crippen LogP contribution in [0.2, 0.25) is 0 Å². The van der Waals surface area contributed by atoms with Crippen LogP contribution in [0.25, 0.3) is 11.0 Å². The molecule has 0 radical (unpaired) electrons. The molecule has 0 atom stereocenters. The summed E-state index contributed by atoms with van der Waals surface area (Å²) in [6.07, 6.45) is 7.11. The minimum absolute atomic E-state index is 0.289. The van der Waals surface area contributed by atoms with Gasteiger partial charge >= 0.3 is 6.09 Å². The van der Waals surface area contributed by atoms with Crippen molar-refractivity contribution in [2.45, 2.75) is 65.4 Å². The normalized spacial score (nSPS) is 15.1. The van der Waals surface area contributed by atoms with Crippen molar-refractivity contribution in [2.24, 2.45) is 5.92 Å². The average molecular weight is 383 g/mol. The maximum atomic E-state index is 12.6. The van der Waals surface area contributed by atoms with Gasteiger partial charge in [0.05, 0.1) is 17.4 Å². The average Bonchev–Trinajstić information content (AvgIpc) is 3.11. The number of carbonyl (C=O) groups is 1. The molecule has 7 nitrogen and oxygen atoms in total. The van der Waals surface area contributed by atoms with Crippen LogP contribution >= 0.6 is 0 Å². The lowest BCUT2D eigenvalue weighted by molar-refractivity contribution is 0.0581. The Bertz CT molecular complexity index is 910. The van der Waals surface area contributed by atoms with Crippen molar-refractivity contribution in [1.82, 2.24) is 15.0 Å². The molecule has 0 spiro atoms. The van der Waals surface area contributed by atoms with E-state index in [4.69, 9.17) is 10.5 Å². The molecular weight excluding hydrogens is 354 g/mol. The van der Waals surface area contributed by atoms with Crippen LogP contribution in [0, 0.1) is 17.8 Å². The number of nitrogens with zero attached hydrogens (tertiary/aromatic N) is 3. The number of H-pyrrole nitrogens is 1. The van der Waals surface area contributed by atoms with E-state index in [-0.39, 0.29) is 5.82 Å². The molecule has 2 heterocycles. The Morgan fingerprint density at radius 3 is 2.71 bits per heavy atom. The van der Waals surface area contributed by atoms with Crippen molar-refractivity contribution >= 4 is 28.8 Å². The maximum Gasteiger partial charge on any atom is 0.416 e. The smallest absolute Gasteiger partial charge is 0.416 e. The molecule has 3 rings (SSSR count). The molecule has 1 aliphatic carbocycles. The van der Waals surface area contributed by atoms with E-state index in [2.05, 4.69) is 26.8 Å². The standard InChI is InChI=1S/C21H29N5O2/c1-5-26(20(27)28-21(2,3)4)19-17-16(23-13-24-17)15(18(22)25-19)12-11-14-9-7-6-8-10-14/h13-14H,5-10H2,1-4H3,(H2,22,25)(H,23,24). The molecule has 1 amide bonds. The highest BCUT2D eigenvalue weighted by Gasteiger charge is 2.26. The molecule has 2 aromatic heterocycles. The van der Waals surface area contributed by atoms with Gasteiger partial charge in [-0.25, -0.2) is 14.8 Å². The predicted molar refractivity (Wildman–Crippen MR) is 111 cm³/mol. The Kier molecular flexibility index (Phi) is 5.78. The first-order valence-corrected chi connectivity index (χ1v) is 9.94. The highest BCUT2D eigenvalue weighted by Crippen LogP contribution is 2.29. The molecule has 1 aliphatic rings. The summed E-state index contributed by atoms with van der Waals surface area (Å²) in [5.41, 5.74) is 7.54. The van der Waals surface area contributed by atoms with E-state index >= 15 is 0 Å². The summed E-state index contributed by atoms with van der Waals surface area (Å²) in [6.45, 7) is 7.73. The van der Waals surface area contributed by atoms with Crippen LogP contribution in [-0.4, -0.2) is 33.2 Å². The lowest BCUT2D eigenvalue weighted by Gasteiger charge is -2.26. The first-order valence-electron chi connectivity index (χ1n) is 9.94. The lowest BCUT2D eigenvalue weighted by atomic mass is 9.89. The van der Waals surface area contributed by atoms with Crippen molar-refractivity contribution in [1.29, 1.82) is 0 Å². The topological polar surface area (TPSA) is 97.1 Å². The molecule has 0 unspecified atom stereocenters. The molecule has 0 aliphatic heterocycles. The van der Waals surface area contributed by atoms with E-state index in [0.29, 0.717) is 34.9 Å². The number of imidazole rings is 1. The third kappa shape index (κ3) is 4.38. The van der Waals surface area contributed by atoms with Crippen LogP contribution < -0.4 is 10.6 Å². The summed E-state index contributed by atoms with van der Waals surface area (Å²) in [5, 5.41) is 0. The number of nitrogens with two attached hydrogens (primary N) is 1. The molecule has 0 saturated heterocycles. The van der Waals surface area contributed by atoms with E-state index in [1.54, 1.807) is 6.33 Å². The van der Waals surface area contributed by atoms with Gasteiger partial charge in [-0.15, -0.1) is 0 Å². The highest BCUT2D eigenvalue weighted by atomic mass is 16.6. The Balaban J connectivity index is 1.99. The molecule has 7 heteroatoms. The van der Waals surface area contributed by atoms with Crippen molar-refractivity contribution in [3.05, 3.63) is 11.9 Å². The van der Waals surface area contributed by atoms with Crippen molar-refractivity contribution < 1.29 is 9.53 Å². The third-order valence-corrected chi connectivity index (χ3v) is 4.78. The SMILES string of the molecule is CCN(C(=O)OC(C)(C)C)c1nc(N)c(C#CC2CCCCC2)c2[nH]cnc12. The number of carbonyl (C=O) groups excluding carboxylic acids is 1. The second-order valence-electron chi connectivity index (χ2n) is 8.15. The van der Waals surface area contributed by atoms with Crippen LogP contribution in [-0.2, 0) is 4.74 Å². The van der Waals surface area contributed by atoms with Gasteiger partial charge in [-0.3, -0.25) is 4.90 Å². The maximum absolute atomic E-state index is 12.6. The molecule has 150 valence electrons. The summed E-state index contributed by atoms with van der Waals surface area (Å²) in [6, 6.07) is 0. The van der Waals surface area contributed by atoms with E-state index in [9.17, 15) is 4.79 Å². The summed E-state index contributed by atoms with van der Waals surface area (Å²) >= 11 is 0. The Morgan fingerprint density at radius 2 is 2.07 bits per heavy atom. The number of amides is 1. The number of nitrogens with one attached hydrogen (secondary N) is 1. The van der Waals surface area contributed by atoms with Gasteiger partial charge in [0.2, 0.25) is 0 Å². The van der Waals surface area contributed by atoms with Crippen molar-refractivity contribution in [2.75, 3.05) is 17.2 Å². The molecule has 0 aromatic carbocycles. The number of rotatable bonds is 2. The van der Waals surface area contributed by atoms with Gasteiger partial charge < -0.3 is 15.5 Å². The Morgan fingerprint density at radius 1 is 1.36 bits per heavy atom. The van der Waals surface area contributed by atoms with Crippen LogP contribution in [0.15, 0.2) is 6.33 Å². The number of fused-ring (bicyclic) bond motifs is 1. The van der Waals surface area contributed by atoms with E-state index in [0.717, 1.165) is 12.8 Å². The second-order valence-corrected chi connectivity index (χ2v) is 8.15. The van der Waals surface area contributed by atoms with Gasteiger partial charge in [0.15, 0.2) is 5.82 Å². The summed E-state index contributed by atoms with van der Waals surface area (Å²) < 4.78 is 5.51. The number of anilines is 2. The molecule has 2 aromatic rings. The summed E-state index contributed by atoms with van der Waals surface area (Å²) in [4.78, 5) is 26.0. The fourth-order valence-electron chi connectivity index (χ4n) is 3.42. The molecular formula is C21H29N5O2. The molecule has 0 bridgehead atoms. The zero-order valence-electron chi connectivity index (χ0n) is 17.1. The van der Waals surface area contributed by atoms with Crippen LogP contribution in [0.4, 0.5) is 16.4 Å². The molecule has 3 N–H and O–H groups in total. The molecule has 1 saturated carbocycles. The number of aromatic nitrogens is 3. The fourth-order valence-corrected chi connectivity index (χ4v) is 3.42. The first kappa shape index (κ1) is 20.0. The first-order chi connectivity index (χ1) is 13.3. The summed E-state index contributed by atoms with van der Waals surface area (Å²) in [5.74, 6) is 7.65. The van der Waals surface area contributed by atoms with Gasteiger partial charge in [0, 0.05) is 12.5 Å². The quantitative estimate of drug-likeness (QED) is 0.756. The highest BCUT2D eigenvalue weighted by molar-refractivity contribution is 6.00. The van der Waals surface area contributed by atoms with Crippen molar-refractivity contribution in [3.8, 4) is 11.8 Å². The third-order valence-electron chi connectivity index (χ3n) is 4.78.